The molecule has 0 aromatic heterocycles. The van der Waals surface area contributed by atoms with Gasteiger partial charge in [0.05, 0.1) is 0 Å². The van der Waals surface area contributed by atoms with Crippen LogP contribution in [0.5, 0.6) is 0 Å². The van der Waals surface area contributed by atoms with Crippen LogP contribution in [0.3, 0.4) is 0 Å². The lowest BCUT2D eigenvalue weighted by atomic mass is 9.99. The van der Waals surface area contributed by atoms with E-state index in [9.17, 15) is 9.59 Å². The summed E-state index contributed by atoms with van der Waals surface area (Å²) in [4.78, 5) is 29.4. The lowest BCUT2D eigenvalue weighted by Crippen LogP contribution is -2.41. The Kier molecular flexibility index (Phi) is 9.99. The summed E-state index contributed by atoms with van der Waals surface area (Å²) >= 11 is 0. The molecule has 1 aromatic carbocycles. The second-order valence-electron chi connectivity index (χ2n) is 8.23. The van der Waals surface area contributed by atoms with Gasteiger partial charge >= 0.3 is 6.03 Å². The topological polar surface area (TPSA) is 64.7 Å². The predicted molar refractivity (Wildman–Crippen MR) is 122 cm³/mol. The van der Waals surface area contributed by atoms with Crippen molar-refractivity contribution in [2.75, 3.05) is 24.3 Å². The molecule has 1 unspecified atom stereocenters. The normalized spacial score (nSPS) is 12.1. The lowest BCUT2D eigenvalue weighted by Gasteiger charge is -2.33. The quantitative estimate of drug-likeness (QED) is 0.586. The standard InChI is InChI=1S/C23H40N4O2/c1-9-17(6)27(22(28)18(10-2)11-3)15-19-14-20(12-13-21(19)26(7)8)25-23(29)24-16(4)5/h12-14,16-18H,9-11,15H2,1-8H3,(H2,24,25,29). The number of hydrogen-bond donors (Lipinski definition) is 2. The van der Waals surface area contributed by atoms with E-state index in [1.807, 2.05) is 55.9 Å². The Balaban J connectivity index is 3.23. The highest BCUT2D eigenvalue weighted by Crippen LogP contribution is 2.27. The molecule has 0 aliphatic carbocycles. The summed E-state index contributed by atoms with van der Waals surface area (Å²) in [6, 6.07) is 5.86. The molecule has 0 spiro atoms. The highest BCUT2D eigenvalue weighted by Gasteiger charge is 2.26. The molecule has 6 heteroatoms. The van der Waals surface area contributed by atoms with Crippen LogP contribution in [0.4, 0.5) is 16.2 Å². The molecule has 0 radical (unpaired) electrons. The van der Waals surface area contributed by atoms with Crippen molar-refractivity contribution in [1.82, 2.24) is 10.2 Å². The fourth-order valence-corrected chi connectivity index (χ4v) is 3.38. The van der Waals surface area contributed by atoms with Crippen LogP contribution in [0, 0.1) is 5.92 Å². The van der Waals surface area contributed by atoms with Crippen LogP contribution in [0.25, 0.3) is 0 Å². The molecular weight excluding hydrogens is 364 g/mol. The molecular formula is C23H40N4O2. The van der Waals surface area contributed by atoms with Crippen molar-refractivity contribution in [3.05, 3.63) is 23.8 Å². The van der Waals surface area contributed by atoms with E-state index in [4.69, 9.17) is 0 Å². The maximum absolute atomic E-state index is 13.2. The van der Waals surface area contributed by atoms with Gasteiger partial charge in [-0.3, -0.25) is 4.79 Å². The molecule has 29 heavy (non-hydrogen) atoms. The van der Waals surface area contributed by atoms with Gasteiger partial charge in [0, 0.05) is 50.0 Å². The molecule has 0 fully saturated rings. The molecule has 3 amide bonds. The van der Waals surface area contributed by atoms with Crippen molar-refractivity contribution in [2.24, 2.45) is 5.92 Å². The first kappa shape index (κ1) is 24.8. The highest BCUT2D eigenvalue weighted by molar-refractivity contribution is 5.90. The maximum Gasteiger partial charge on any atom is 0.319 e. The van der Waals surface area contributed by atoms with E-state index in [0.717, 1.165) is 36.2 Å². The van der Waals surface area contributed by atoms with Gasteiger partial charge in [-0.25, -0.2) is 4.79 Å². The van der Waals surface area contributed by atoms with Crippen molar-refractivity contribution in [3.63, 3.8) is 0 Å². The van der Waals surface area contributed by atoms with Gasteiger partial charge in [0.15, 0.2) is 0 Å². The third-order valence-corrected chi connectivity index (χ3v) is 5.32. The number of carbonyl (C=O) groups is 2. The van der Waals surface area contributed by atoms with E-state index < -0.39 is 0 Å². The molecule has 0 bridgehead atoms. The summed E-state index contributed by atoms with van der Waals surface area (Å²) in [7, 11) is 3.99. The Morgan fingerprint density at radius 1 is 1.00 bits per heavy atom. The Morgan fingerprint density at radius 2 is 1.62 bits per heavy atom. The van der Waals surface area contributed by atoms with E-state index >= 15 is 0 Å². The van der Waals surface area contributed by atoms with Crippen molar-refractivity contribution in [3.8, 4) is 0 Å². The first-order valence-corrected chi connectivity index (χ1v) is 10.8. The smallest absolute Gasteiger partial charge is 0.319 e. The molecule has 0 saturated heterocycles. The van der Waals surface area contributed by atoms with Crippen LogP contribution in [-0.4, -0.2) is 43.0 Å². The molecule has 164 valence electrons. The van der Waals surface area contributed by atoms with Crippen LogP contribution < -0.4 is 15.5 Å². The zero-order chi connectivity index (χ0) is 22.1. The van der Waals surface area contributed by atoms with Gasteiger partial charge in [0.25, 0.3) is 0 Å². The lowest BCUT2D eigenvalue weighted by molar-refractivity contribution is -0.138. The minimum absolute atomic E-state index is 0.0462. The monoisotopic (exact) mass is 404 g/mol. The summed E-state index contributed by atoms with van der Waals surface area (Å²) in [5, 5.41) is 5.74. The number of nitrogens with zero attached hydrogens (tertiary/aromatic N) is 2. The average Bonchev–Trinajstić information content (AvgIpc) is 2.65. The van der Waals surface area contributed by atoms with Crippen LogP contribution in [0.2, 0.25) is 0 Å². The fourth-order valence-electron chi connectivity index (χ4n) is 3.38. The van der Waals surface area contributed by atoms with Crippen LogP contribution >= 0.6 is 0 Å². The van der Waals surface area contributed by atoms with E-state index in [0.29, 0.717) is 6.54 Å². The minimum Gasteiger partial charge on any atom is -0.377 e. The molecule has 0 saturated carbocycles. The van der Waals surface area contributed by atoms with E-state index in [1.165, 1.54) is 0 Å². The molecule has 6 nitrogen and oxygen atoms in total. The van der Waals surface area contributed by atoms with Crippen molar-refractivity contribution in [2.45, 2.75) is 79.4 Å². The van der Waals surface area contributed by atoms with Crippen LogP contribution in [0.15, 0.2) is 18.2 Å². The first-order chi connectivity index (χ1) is 13.6. The molecule has 0 heterocycles. The number of carbonyl (C=O) groups excluding carboxylic acids is 2. The number of hydrogen-bond acceptors (Lipinski definition) is 3. The minimum atomic E-state index is -0.226. The van der Waals surface area contributed by atoms with Crippen LogP contribution in [0.1, 0.15) is 66.4 Å². The fraction of sp³-hybridized carbons (Fsp3) is 0.652. The van der Waals surface area contributed by atoms with Crippen LogP contribution in [-0.2, 0) is 11.3 Å². The average molecular weight is 405 g/mol. The largest absolute Gasteiger partial charge is 0.377 e. The van der Waals surface area contributed by atoms with Gasteiger partial charge in [0.2, 0.25) is 5.91 Å². The van der Waals surface area contributed by atoms with Gasteiger partial charge in [-0.1, -0.05) is 20.8 Å². The van der Waals surface area contributed by atoms with Gasteiger partial charge in [-0.05, 0) is 63.8 Å². The number of urea groups is 1. The highest BCUT2D eigenvalue weighted by atomic mass is 16.2. The Bertz CT molecular complexity index is 669. The summed E-state index contributed by atoms with van der Waals surface area (Å²) < 4.78 is 0. The van der Waals surface area contributed by atoms with Crippen molar-refractivity contribution >= 4 is 23.3 Å². The summed E-state index contributed by atoms with van der Waals surface area (Å²) in [6.07, 6.45) is 2.59. The Hall–Kier alpha value is -2.24. The molecule has 1 aromatic rings. The number of amides is 3. The van der Waals surface area contributed by atoms with Gasteiger partial charge in [0.1, 0.15) is 0 Å². The van der Waals surface area contributed by atoms with E-state index in [1.54, 1.807) is 0 Å². The Morgan fingerprint density at radius 3 is 2.10 bits per heavy atom. The Labute approximate surface area is 177 Å². The summed E-state index contributed by atoms with van der Waals surface area (Å²) in [5.74, 6) is 0.259. The zero-order valence-corrected chi connectivity index (χ0v) is 19.5. The number of nitrogens with one attached hydrogen (secondary N) is 2. The van der Waals surface area contributed by atoms with E-state index in [2.05, 4.69) is 38.3 Å². The van der Waals surface area contributed by atoms with Crippen molar-refractivity contribution in [1.29, 1.82) is 0 Å². The maximum atomic E-state index is 13.2. The SMILES string of the molecule is CCC(CC)C(=O)N(Cc1cc(NC(=O)NC(C)C)ccc1N(C)C)C(C)CC. The number of anilines is 2. The third kappa shape index (κ3) is 7.26. The molecule has 0 aliphatic rings. The first-order valence-electron chi connectivity index (χ1n) is 10.8. The summed E-state index contributed by atoms with van der Waals surface area (Å²) in [6.45, 7) is 12.7. The van der Waals surface area contributed by atoms with Gasteiger partial charge in [-0.15, -0.1) is 0 Å². The summed E-state index contributed by atoms with van der Waals surface area (Å²) in [5.41, 5.74) is 2.80. The molecule has 1 atom stereocenters. The number of rotatable bonds is 10. The third-order valence-electron chi connectivity index (χ3n) is 5.32. The second-order valence-corrected chi connectivity index (χ2v) is 8.23. The van der Waals surface area contributed by atoms with Crippen molar-refractivity contribution < 1.29 is 9.59 Å². The van der Waals surface area contributed by atoms with Gasteiger partial charge in [-0.2, -0.15) is 0 Å². The van der Waals surface area contributed by atoms with Gasteiger partial charge < -0.3 is 20.4 Å². The zero-order valence-electron chi connectivity index (χ0n) is 19.5. The number of benzene rings is 1. The molecule has 0 aliphatic heterocycles. The van der Waals surface area contributed by atoms with E-state index in [-0.39, 0.29) is 29.9 Å². The predicted octanol–water partition coefficient (Wildman–Crippen LogP) is 4.85. The molecule has 2 N–H and O–H groups in total. The second kappa shape index (κ2) is 11.7. The molecule has 1 rings (SSSR count).